The highest BCUT2D eigenvalue weighted by Crippen LogP contribution is 2.30. The molecule has 1 aliphatic heterocycles. The molecule has 0 unspecified atom stereocenters. The molecule has 2 aromatic heterocycles. The van der Waals surface area contributed by atoms with Crippen molar-refractivity contribution in [1.82, 2.24) is 14.5 Å². The van der Waals surface area contributed by atoms with E-state index >= 15 is 0 Å². The minimum atomic E-state index is -2.08. The highest BCUT2D eigenvalue weighted by molar-refractivity contribution is 7.93. The molecule has 7 nitrogen and oxygen atoms in total. The van der Waals surface area contributed by atoms with Crippen LogP contribution < -0.4 is 10.3 Å². The molecule has 1 saturated heterocycles. The lowest BCUT2D eigenvalue weighted by atomic mass is 9.94. The van der Waals surface area contributed by atoms with Gasteiger partial charge in [0.25, 0.3) is 5.56 Å². The lowest BCUT2D eigenvalue weighted by Crippen LogP contribution is -2.29. The van der Waals surface area contributed by atoms with Crippen LogP contribution in [0.3, 0.4) is 0 Å². The van der Waals surface area contributed by atoms with E-state index in [4.69, 9.17) is 4.74 Å². The SMILES string of the molecule is CN=S1(=O)CCC(c2cc3c(OC)ncnc3n(C)c2=O)CC1. The second-order valence-corrected chi connectivity index (χ2v) is 8.45. The number of pyridine rings is 1. The maximum Gasteiger partial charge on any atom is 0.255 e. The van der Waals surface area contributed by atoms with Crippen molar-refractivity contribution in [3.05, 3.63) is 28.3 Å². The molecule has 124 valence electrons. The second-order valence-electron chi connectivity index (χ2n) is 5.72. The number of methoxy groups -OCH3 is 1. The summed E-state index contributed by atoms with van der Waals surface area (Å²) < 4.78 is 23.2. The maximum absolute atomic E-state index is 12.7. The summed E-state index contributed by atoms with van der Waals surface area (Å²) in [5.74, 6) is 1.62. The van der Waals surface area contributed by atoms with Crippen molar-refractivity contribution in [2.75, 3.05) is 25.7 Å². The van der Waals surface area contributed by atoms with Crippen LogP contribution in [-0.4, -0.2) is 44.4 Å². The van der Waals surface area contributed by atoms with Gasteiger partial charge in [0.1, 0.15) is 12.0 Å². The number of fused-ring (bicyclic) bond motifs is 1. The summed E-state index contributed by atoms with van der Waals surface area (Å²) in [4.78, 5) is 21.0. The number of rotatable bonds is 2. The normalized spacial score (nSPS) is 24.6. The topological polar surface area (TPSA) is 86.4 Å². The molecule has 3 rings (SSSR count). The van der Waals surface area contributed by atoms with E-state index in [0.717, 1.165) is 5.39 Å². The van der Waals surface area contributed by atoms with Gasteiger partial charge in [-0.05, 0) is 24.8 Å². The molecular weight excluding hydrogens is 316 g/mol. The third-order valence-electron chi connectivity index (χ3n) is 4.53. The van der Waals surface area contributed by atoms with E-state index in [0.29, 0.717) is 41.4 Å². The molecule has 3 heterocycles. The van der Waals surface area contributed by atoms with Gasteiger partial charge in [0.2, 0.25) is 5.88 Å². The van der Waals surface area contributed by atoms with Crippen LogP contribution in [-0.2, 0) is 16.8 Å². The molecular formula is C15H20N4O3S. The van der Waals surface area contributed by atoms with Crippen LogP contribution in [0.1, 0.15) is 24.3 Å². The van der Waals surface area contributed by atoms with Gasteiger partial charge in [-0.25, -0.2) is 18.5 Å². The zero-order valence-corrected chi connectivity index (χ0v) is 14.3. The fourth-order valence-corrected chi connectivity index (χ4v) is 4.99. The molecule has 1 aliphatic rings. The number of aryl methyl sites for hydroxylation is 1. The van der Waals surface area contributed by atoms with Crippen LogP contribution in [0.4, 0.5) is 0 Å². The molecule has 8 heteroatoms. The average Bonchev–Trinajstić information content (AvgIpc) is 2.58. The van der Waals surface area contributed by atoms with Crippen molar-refractivity contribution in [1.29, 1.82) is 0 Å². The first-order chi connectivity index (χ1) is 11.0. The minimum Gasteiger partial charge on any atom is -0.480 e. The van der Waals surface area contributed by atoms with E-state index < -0.39 is 9.73 Å². The number of hydrogen-bond acceptors (Lipinski definition) is 6. The molecule has 0 N–H and O–H groups in total. The second kappa shape index (κ2) is 5.92. The van der Waals surface area contributed by atoms with E-state index in [1.807, 2.05) is 6.07 Å². The third kappa shape index (κ3) is 2.71. The van der Waals surface area contributed by atoms with Crippen molar-refractivity contribution in [2.24, 2.45) is 11.4 Å². The largest absolute Gasteiger partial charge is 0.480 e. The molecule has 2 aromatic rings. The average molecular weight is 336 g/mol. The van der Waals surface area contributed by atoms with Crippen molar-refractivity contribution >= 4 is 20.8 Å². The predicted octanol–water partition coefficient (Wildman–Crippen LogP) is 1.31. The zero-order valence-electron chi connectivity index (χ0n) is 13.5. The molecule has 0 atom stereocenters. The van der Waals surface area contributed by atoms with Gasteiger partial charge in [0.05, 0.1) is 12.5 Å². The third-order valence-corrected chi connectivity index (χ3v) is 6.94. The lowest BCUT2D eigenvalue weighted by molar-refractivity contribution is 0.402. The van der Waals surface area contributed by atoms with Gasteiger partial charge >= 0.3 is 0 Å². The number of aromatic nitrogens is 3. The molecule has 0 aromatic carbocycles. The first kappa shape index (κ1) is 15.9. The Bertz CT molecular complexity index is 914. The molecule has 0 saturated carbocycles. The summed E-state index contributed by atoms with van der Waals surface area (Å²) in [6.45, 7) is 0. The minimum absolute atomic E-state index is 0.0647. The van der Waals surface area contributed by atoms with Crippen molar-refractivity contribution in [2.45, 2.75) is 18.8 Å². The van der Waals surface area contributed by atoms with E-state index in [2.05, 4.69) is 14.3 Å². The zero-order chi connectivity index (χ0) is 16.6. The Balaban J connectivity index is 2.10. The summed E-state index contributed by atoms with van der Waals surface area (Å²) in [7, 11) is 2.78. The molecule has 23 heavy (non-hydrogen) atoms. The number of nitrogens with zero attached hydrogens (tertiary/aromatic N) is 4. The molecule has 0 spiro atoms. The number of ether oxygens (including phenoxy) is 1. The van der Waals surface area contributed by atoms with Crippen LogP contribution in [0.2, 0.25) is 0 Å². The van der Waals surface area contributed by atoms with Crippen molar-refractivity contribution in [3.63, 3.8) is 0 Å². The Morgan fingerprint density at radius 1 is 1.35 bits per heavy atom. The fraction of sp³-hybridized carbons (Fsp3) is 0.533. The van der Waals surface area contributed by atoms with Gasteiger partial charge in [0, 0.05) is 40.9 Å². The van der Waals surface area contributed by atoms with E-state index in [1.54, 1.807) is 21.2 Å². The van der Waals surface area contributed by atoms with Crippen molar-refractivity contribution < 1.29 is 8.95 Å². The lowest BCUT2D eigenvalue weighted by Gasteiger charge is -2.24. The van der Waals surface area contributed by atoms with Crippen molar-refractivity contribution in [3.8, 4) is 5.88 Å². The van der Waals surface area contributed by atoms with Gasteiger partial charge in [-0.1, -0.05) is 0 Å². The Labute approximate surface area is 134 Å². The molecule has 0 radical (unpaired) electrons. The van der Waals surface area contributed by atoms with Crippen LogP contribution in [0.25, 0.3) is 11.0 Å². The molecule has 0 amide bonds. The van der Waals surface area contributed by atoms with E-state index in [-0.39, 0.29) is 11.5 Å². The molecule has 0 aliphatic carbocycles. The van der Waals surface area contributed by atoms with Gasteiger partial charge in [-0.3, -0.25) is 9.36 Å². The Kier molecular flexibility index (Phi) is 4.09. The number of hydrogen-bond donors (Lipinski definition) is 0. The highest BCUT2D eigenvalue weighted by atomic mass is 32.2. The Morgan fingerprint density at radius 2 is 2.04 bits per heavy atom. The summed E-state index contributed by atoms with van der Waals surface area (Å²) >= 11 is 0. The van der Waals surface area contributed by atoms with Gasteiger partial charge in [-0.2, -0.15) is 0 Å². The van der Waals surface area contributed by atoms with Crippen LogP contribution in [0.15, 0.2) is 21.6 Å². The Morgan fingerprint density at radius 3 is 2.65 bits per heavy atom. The van der Waals surface area contributed by atoms with E-state index in [9.17, 15) is 9.00 Å². The van der Waals surface area contributed by atoms with Crippen LogP contribution in [0.5, 0.6) is 5.88 Å². The maximum atomic E-state index is 12.7. The fourth-order valence-electron chi connectivity index (χ4n) is 3.12. The van der Waals surface area contributed by atoms with Gasteiger partial charge in [-0.15, -0.1) is 0 Å². The molecule has 1 fully saturated rings. The summed E-state index contributed by atoms with van der Waals surface area (Å²) in [6, 6.07) is 1.83. The Hall–Kier alpha value is -1.96. The highest BCUT2D eigenvalue weighted by Gasteiger charge is 2.26. The summed E-state index contributed by atoms with van der Waals surface area (Å²) in [6.07, 6.45) is 2.79. The first-order valence-corrected chi connectivity index (χ1v) is 9.33. The van der Waals surface area contributed by atoms with E-state index in [1.165, 1.54) is 10.9 Å². The van der Waals surface area contributed by atoms with Crippen LogP contribution in [0, 0.1) is 0 Å². The summed E-state index contributed by atoms with van der Waals surface area (Å²) in [5.41, 5.74) is 1.20. The van der Waals surface area contributed by atoms with Gasteiger partial charge in [0.15, 0.2) is 0 Å². The van der Waals surface area contributed by atoms with Crippen LogP contribution >= 0.6 is 0 Å². The smallest absolute Gasteiger partial charge is 0.255 e. The standard InChI is InChI=1S/C15H20N4O3S/c1-16-23(21)6-4-10(5-7-23)11-8-12-13(19(2)15(11)20)17-9-18-14(12)22-3/h8-10H,4-7H2,1-3H3. The molecule has 0 bridgehead atoms. The first-order valence-electron chi connectivity index (χ1n) is 7.48. The van der Waals surface area contributed by atoms with Gasteiger partial charge < -0.3 is 4.74 Å². The quantitative estimate of drug-likeness (QED) is 0.825. The summed E-state index contributed by atoms with van der Waals surface area (Å²) in [5, 5.41) is 0.721. The predicted molar refractivity (Wildman–Crippen MR) is 89.5 cm³/mol. The monoisotopic (exact) mass is 336 g/mol.